The molecule has 0 radical (unpaired) electrons. The van der Waals surface area contributed by atoms with E-state index < -0.39 is 0 Å². The summed E-state index contributed by atoms with van der Waals surface area (Å²) in [5.74, 6) is -0.0191. The van der Waals surface area contributed by atoms with Crippen molar-refractivity contribution in [1.82, 2.24) is 19.9 Å². The first-order valence-corrected chi connectivity index (χ1v) is 9.76. The smallest absolute Gasteiger partial charge is 0.276 e. The Labute approximate surface area is 157 Å². The van der Waals surface area contributed by atoms with Crippen molar-refractivity contribution in [1.29, 1.82) is 0 Å². The van der Waals surface area contributed by atoms with Gasteiger partial charge in [-0.1, -0.05) is 23.8 Å². The number of aromatic nitrogens is 3. The van der Waals surface area contributed by atoms with E-state index >= 15 is 0 Å². The molecule has 1 fully saturated rings. The fourth-order valence-electron chi connectivity index (χ4n) is 3.17. The number of benzene rings is 1. The Balaban J connectivity index is 1.64. The summed E-state index contributed by atoms with van der Waals surface area (Å²) < 4.78 is 0. The molecule has 1 saturated carbocycles. The number of rotatable bonds is 5. The minimum Gasteiger partial charge on any atom is -0.329 e. The van der Waals surface area contributed by atoms with Crippen molar-refractivity contribution < 1.29 is 4.79 Å². The average molecular weight is 366 g/mol. The highest BCUT2D eigenvalue weighted by molar-refractivity contribution is 7.09. The van der Waals surface area contributed by atoms with Gasteiger partial charge in [0.2, 0.25) is 0 Å². The topological polar surface area (TPSA) is 51.0 Å². The van der Waals surface area contributed by atoms with Crippen LogP contribution in [-0.4, -0.2) is 31.8 Å². The van der Waals surface area contributed by atoms with Gasteiger partial charge in [0.15, 0.2) is 5.69 Å². The van der Waals surface area contributed by atoms with Gasteiger partial charge in [-0.05, 0) is 56.7 Å². The minimum absolute atomic E-state index is 0.0191. The van der Waals surface area contributed by atoms with Gasteiger partial charge in [-0.3, -0.25) is 4.79 Å². The fourth-order valence-corrected chi connectivity index (χ4v) is 3.88. The highest BCUT2D eigenvalue weighted by atomic mass is 32.1. The molecule has 26 heavy (non-hydrogen) atoms. The second-order valence-corrected chi connectivity index (χ2v) is 7.99. The Hall–Kier alpha value is -2.47. The van der Waals surface area contributed by atoms with Gasteiger partial charge in [0.1, 0.15) is 0 Å². The number of aryl methyl sites for hydroxylation is 3. The van der Waals surface area contributed by atoms with Gasteiger partial charge >= 0.3 is 0 Å². The van der Waals surface area contributed by atoms with Crippen LogP contribution in [0.4, 0.5) is 0 Å². The summed E-state index contributed by atoms with van der Waals surface area (Å²) in [6.45, 7) is 6.61. The number of amides is 1. The van der Waals surface area contributed by atoms with Crippen LogP contribution in [0.3, 0.4) is 0 Å². The number of hydrogen-bond acceptors (Lipinski definition) is 4. The van der Waals surface area contributed by atoms with E-state index in [0.717, 1.165) is 24.1 Å². The molecule has 5 nitrogen and oxygen atoms in total. The molecule has 0 saturated heterocycles. The van der Waals surface area contributed by atoms with Gasteiger partial charge in [-0.2, -0.15) is 9.90 Å². The third kappa shape index (κ3) is 3.29. The molecule has 4 rings (SSSR count). The molecule has 2 aromatic heterocycles. The van der Waals surface area contributed by atoms with E-state index in [4.69, 9.17) is 0 Å². The predicted molar refractivity (Wildman–Crippen MR) is 103 cm³/mol. The summed E-state index contributed by atoms with van der Waals surface area (Å²) in [6.07, 6.45) is 2.14. The van der Waals surface area contributed by atoms with E-state index in [1.807, 2.05) is 42.3 Å². The molecule has 0 spiro atoms. The largest absolute Gasteiger partial charge is 0.329 e. The number of carbonyl (C=O) groups excluding carboxylic acids is 1. The molecular formula is C20H22N4OS. The predicted octanol–water partition coefficient (Wildman–Crippen LogP) is 4.06. The lowest BCUT2D eigenvalue weighted by Gasteiger charge is -2.20. The Morgan fingerprint density at radius 2 is 2.04 bits per heavy atom. The van der Waals surface area contributed by atoms with Crippen molar-refractivity contribution in [3.63, 3.8) is 0 Å². The zero-order valence-corrected chi connectivity index (χ0v) is 16.1. The zero-order chi connectivity index (χ0) is 18.3. The van der Waals surface area contributed by atoms with E-state index in [-0.39, 0.29) is 5.91 Å². The third-order valence-corrected chi connectivity index (χ3v) is 5.57. The first-order chi connectivity index (χ1) is 12.5. The molecule has 1 aliphatic carbocycles. The molecular weight excluding hydrogens is 344 g/mol. The highest BCUT2D eigenvalue weighted by Crippen LogP contribution is 2.31. The summed E-state index contributed by atoms with van der Waals surface area (Å²) in [7, 11) is 0. The van der Waals surface area contributed by atoms with Crippen LogP contribution in [0.5, 0.6) is 0 Å². The summed E-state index contributed by atoms with van der Waals surface area (Å²) in [5, 5.41) is 11.1. The first kappa shape index (κ1) is 17.0. The fraction of sp³-hybridized carbons (Fsp3) is 0.350. The molecule has 1 aliphatic rings. The van der Waals surface area contributed by atoms with E-state index in [0.29, 0.717) is 24.0 Å². The summed E-state index contributed by atoms with van der Waals surface area (Å²) in [5.41, 5.74) is 4.33. The second kappa shape index (κ2) is 6.68. The van der Waals surface area contributed by atoms with E-state index in [1.54, 1.807) is 16.1 Å². The van der Waals surface area contributed by atoms with Gasteiger partial charge in [0.25, 0.3) is 5.91 Å². The molecule has 0 unspecified atom stereocenters. The average Bonchev–Trinajstić information content (AvgIpc) is 3.17. The number of hydrogen-bond donors (Lipinski definition) is 0. The van der Waals surface area contributed by atoms with Crippen LogP contribution in [0.2, 0.25) is 0 Å². The number of thiophene rings is 1. The highest BCUT2D eigenvalue weighted by Gasteiger charge is 2.35. The van der Waals surface area contributed by atoms with Crippen LogP contribution >= 0.6 is 11.3 Å². The number of carbonyl (C=O) groups is 1. The van der Waals surface area contributed by atoms with Crippen LogP contribution in [0.15, 0.2) is 35.7 Å². The normalized spacial score (nSPS) is 13.8. The Bertz CT molecular complexity index is 941. The lowest BCUT2D eigenvalue weighted by atomic mass is 10.1. The minimum atomic E-state index is -0.0191. The maximum atomic E-state index is 13.2. The van der Waals surface area contributed by atoms with Crippen LogP contribution < -0.4 is 0 Å². The summed E-state index contributed by atoms with van der Waals surface area (Å²) >= 11 is 1.68. The molecule has 0 N–H and O–H groups in total. The van der Waals surface area contributed by atoms with E-state index in [9.17, 15) is 4.79 Å². The van der Waals surface area contributed by atoms with Gasteiger partial charge in [0.05, 0.1) is 17.9 Å². The van der Waals surface area contributed by atoms with Crippen molar-refractivity contribution >= 4 is 17.2 Å². The molecule has 134 valence electrons. The molecule has 1 amide bonds. The lowest BCUT2D eigenvalue weighted by molar-refractivity contribution is 0.0724. The molecule has 6 heteroatoms. The van der Waals surface area contributed by atoms with Gasteiger partial charge in [-0.15, -0.1) is 16.4 Å². The van der Waals surface area contributed by atoms with Crippen LogP contribution in [0.1, 0.15) is 45.0 Å². The molecule has 0 aliphatic heterocycles. The molecule has 0 atom stereocenters. The van der Waals surface area contributed by atoms with Crippen LogP contribution in [-0.2, 0) is 6.54 Å². The van der Waals surface area contributed by atoms with Gasteiger partial charge in [0, 0.05) is 10.9 Å². The van der Waals surface area contributed by atoms with Crippen LogP contribution in [0.25, 0.3) is 5.69 Å². The van der Waals surface area contributed by atoms with E-state index in [2.05, 4.69) is 29.3 Å². The monoisotopic (exact) mass is 366 g/mol. The second-order valence-electron chi connectivity index (χ2n) is 6.96. The van der Waals surface area contributed by atoms with Gasteiger partial charge < -0.3 is 4.90 Å². The third-order valence-electron chi connectivity index (χ3n) is 4.71. The lowest BCUT2D eigenvalue weighted by Crippen LogP contribution is -2.33. The van der Waals surface area contributed by atoms with Gasteiger partial charge in [-0.25, -0.2) is 0 Å². The van der Waals surface area contributed by atoms with Crippen molar-refractivity contribution in [2.24, 2.45) is 0 Å². The Morgan fingerprint density at radius 1 is 1.23 bits per heavy atom. The Kier molecular flexibility index (Phi) is 4.36. The quantitative estimate of drug-likeness (QED) is 0.684. The number of nitrogens with zero attached hydrogens (tertiary/aromatic N) is 4. The standard InChI is InChI=1S/C20H22N4OS/c1-13-6-9-18(14(2)11-13)24-21-15(3)19(22-24)20(25)23(16-7-8-16)12-17-5-4-10-26-17/h4-6,9-11,16H,7-8,12H2,1-3H3. The van der Waals surface area contributed by atoms with Crippen molar-refractivity contribution in [2.45, 2.75) is 46.2 Å². The SMILES string of the molecule is Cc1ccc(-n2nc(C)c(C(=O)N(Cc3cccs3)C3CC3)n2)c(C)c1. The van der Waals surface area contributed by atoms with Crippen LogP contribution in [0, 0.1) is 20.8 Å². The molecule has 2 heterocycles. The maximum Gasteiger partial charge on any atom is 0.276 e. The summed E-state index contributed by atoms with van der Waals surface area (Å²) in [4.78, 5) is 17.9. The zero-order valence-electron chi connectivity index (χ0n) is 15.3. The molecule has 3 aromatic rings. The Morgan fingerprint density at radius 3 is 2.69 bits per heavy atom. The van der Waals surface area contributed by atoms with Crippen molar-refractivity contribution in [2.75, 3.05) is 0 Å². The maximum absolute atomic E-state index is 13.2. The molecule has 1 aromatic carbocycles. The summed E-state index contributed by atoms with van der Waals surface area (Å²) in [6, 6.07) is 10.6. The molecule has 0 bridgehead atoms. The van der Waals surface area contributed by atoms with Crippen molar-refractivity contribution in [3.8, 4) is 5.69 Å². The van der Waals surface area contributed by atoms with E-state index in [1.165, 1.54) is 10.4 Å². The first-order valence-electron chi connectivity index (χ1n) is 8.88. The van der Waals surface area contributed by atoms with Crippen molar-refractivity contribution in [3.05, 3.63) is 63.1 Å².